The van der Waals surface area contributed by atoms with Gasteiger partial charge in [-0.3, -0.25) is 4.79 Å². The molecule has 1 rings (SSSR count). The van der Waals surface area contributed by atoms with Gasteiger partial charge in [0.2, 0.25) is 5.91 Å². The number of rotatable bonds is 3. The second-order valence-corrected chi connectivity index (χ2v) is 4.31. The molecule has 0 aromatic rings. The molecule has 1 amide bonds. The Balaban J connectivity index is 2.25. The first-order valence-electron chi connectivity index (χ1n) is 5.07. The van der Waals surface area contributed by atoms with Crippen LogP contribution in [0, 0.1) is 5.92 Å². The third-order valence-electron chi connectivity index (χ3n) is 2.47. The maximum Gasteiger partial charge on any atom is 0.223 e. The van der Waals surface area contributed by atoms with Crippen LogP contribution in [0.5, 0.6) is 0 Å². The van der Waals surface area contributed by atoms with Crippen molar-refractivity contribution in [3.63, 3.8) is 0 Å². The first-order valence-corrected chi connectivity index (χ1v) is 5.07. The van der Waals surface area contributed by atoms with E-state index in [0.717, 1.165) is 19.5 Å². The van der Waals surface area contributed by atoms with E-state index in [2.05, 4.69) is 19.2 Å². The van der Waals surface area contributed by atoms with Crippen molar-refractivity contribution in [3.8, 4) is 0 Å². The van der Waals surface area contributed by atoms with Crippen molar-refractivity contribution in [1.82, 2.24) is 10.2 Å². The summed E-state index contributed by atoms with van der Waals surface area (Å²) in [7, 11) is 1.88. The summed E-state index contributed by atoms with van der Waals surface area (Å²) in [6.45, 7) is 6.28. The van der Waals surface area contributed by atoms with Gasteiger partial charge < -0.3 is 10.2 Å². The number of carbonyl (C=O) groups is 1. The van der Waals surface area contributed by atoms with Crippen LogP contribution in [-0.4, -0.2) is 37.0 Å². The van der Waals surface area contributed by atoms with E-state index in [1.54, 1.807) is 0 Å². The van der Waals surface area contributed by atoms with Crippen molar-refractivity contribution < 1.29 is 4.79 Å². The fraction of sp³-hybridized carbons (Fsp3) is 0.900. The van der Waals surface area contributed by atoms with E-state index in [4.69, 9.17) is 0 Å². The smallest absolute Gasteiger partial charge is 0.223 e. The van der Waals surface area contributed by atoms with Crippen LogP contribution in [0.1, 0.15) is 26.7 Å². The summed E-state index contributed by atoms with van der Waals surface area (Å²) in [4.78, 5) is 13.1. The summed E-state index contributed by atoms with van der Waals surface area (Å²) in [5.74, 6) is 0.933. The molecule has 1 heterocycles. The van der Waals surface area contributed by atoms with Gasteiger partial charge in [0, 0.05) is 26.1 Å². The minimum Gasteiger partial charge on any atom is -0.346 e. The topological polar surface area (TPSA) is 32.3 Å². The van der Waals surface area contributed by atoms with E-state index < -0.39 is 0 Å². The van der Waals surface area contributed by atoms with Crippen molar-refractivity contribution >= 4 is 5.91 Å². The van der Waals surface area contributed by atoms with Crippen LogP contribution < -0.4 is 5.32 Å². The zero-order valence-electron chi connectivity index (χ0n) is 8.84. The lowest BCUT2D eigenvalue weighted by molar-refractivity contribution is -0.132. The molecule has 0 aliphatic carbocycles. The highest BCUT2D eigenvalue weighted by molar-refractivity contribution is 5.77. The van der Waals surface area contributed by atoms with Crippen LogP contribution in [0.15, 0.2) is 0 Å². The van der Waals surface area contributed by atoms with Gasteiger partial charge in [-0.05, 0) is 18.9 Å². The Kier molecular flexibility index (Phi) is 3.72. The zero-order chi connectivity index (χ0) is 9.84. The number of carbonyl (C=O) groups excluding carboxylic acids is 1. The van der Waals surface area contributed by atoms with Crippen LogP contribution in [0.25, 0.3) is 0 Å². The SMILES string of the molecule is CC(C)CNC1CCN(C)C(=O)C1. The second-order valence-electron chi connectivity index (χ2n) is 4.31. The number of nitrogens with zero attached hydrogens (tertiary/aromatic N) is 1. The van der Waals surface area contributed by atoms with Crippen LogP contribution >= 0.6 is 0 Å². The Labute approximate surface area is 80.5 Å². The lowest BCUT2D eigenvalue weighted by Crippen LogP contribution is -2.45. The molecular formula is C10H20N2O. The predicted molar refractivity (Wildman–Crippen MR) is 53.5 cm³/mol. The van der Waals surface area contributed by atoms with Crippen LogP contribution in [0.3, 0.4) is 0 Å². The molecule has 1 aliphatic heterocycles. The average Bonchev–Trinajstić information content (AvgIpc) is 2.07. The Hall–Kier alpha value is -0.570. The summed E-state index contributed by atoms with van der Waals surface area (Å²) in [5, 5.41) is 3.42. The van der Waals surface area contributed by atoms with Gasteiger partial charge in [0.15, 0.2) is 0 Å². The third kappa shape index (κ3) is 3.35. The Morgan fingerprint density at radius 2 is 2.31 bits per heavy atom. The lowest BCUT2D eigenvalue weighted by Gasteiger charge is -2.29. The molecule has 76 valence electrons. The third-order valence-corrected chi connectivity index (χ3v) is 2.47. The molecule has 0 bridgehead atoms. The molecule has 13 heavy (non-hydrogen) atoms. The maximum atomic E-state index is 11.3. The Bertz CT molecular complexity index is 180. The summed E-state index contributed by atoms with van der Waals surface area (Å²) in [6.07, 6.45) is 1.76. The molecule has 0 spiro atoms. The summed E-state index contributed by atoms with van der Waals surface area (Å²) < 4.78 is 0. The van der Waals surface area contributed by atoms with Crippen molar-refractivity contribution in [2.75, 3.05) is 20.1 Å². The standard InChI is InChI=1S/C10H20N2O/c1-8(2)7-11-9-4-5-12(3)10(13)6-9/h8-9,11H,4-7H2,1-3H3. The largest absolute Gasteiger partial charge is 0.346 e. The molecule has 0 saturated carbocycles. The van der Waals surface area contributed by atoms with E-state index in [-0.39, 0.29) is 5.91 Å². The fourth-order valence-corrected chi connectivity index (χ4v) is 1.52. The number of hydrogen-bond acceptors (Lipinski definition) is 2. The molecule has 1 unspecified atom stereocenters. The second kappa shape index (κ2) is 4.61. The van der Waals surface area contributed by atoms with Gasteiger partial charge in [-0.25, -0.2) is 0 Å². The molecule has 1 N–H and O–H groups in total. The minimum atomic E-state index is 0.271. The summed E-state index contributed by atoms with van der Waals surface area (Å²) in [5.41, 5.74) is 0. The van der Waals surface area contributed by atoms with Gasteiger partial charge in [-0.1, -0.05) is 13.8 Å². The van der Waals surface area contributed by atoms with Crippen LogP contribution in [0.2, 0.25) is 0 Å². The van der Waals surface area contributed by atoms with E-state index in [1.165, 1.54) is 0 Å². The van der Waals surface area contributed by atoms with Gasteiger partial charge in [0.25, 0.3) is 0 Å². The van der Waals surface area contributed by atoms with Gasteiger partial charge >= 0.3 is 0 Å². The lowest BCUT2D eigenvalue weighted by atomic mass is 10.0. The molecule has 0 radical (unpaired) electrons. The molecule has 1 atom stereocenters. The molecule has 3 nitrogen and oxygen atoms in total. The molecule has 1 aliphatic rings. The fourth-order valence-electron chi connectivity index (χ4n) is 1.52. The van der Waals surface area contributed by atoms with Crippen molar-refractivity contribution in [1.29, 1.82) is 0 Å². The molecule has 0 aromatic heterocycles. The van der Waals surface area contributed by atoms with E-state index >= 15 is 0 Å². The highest BCUT2D eigenvalue weighted by Gasteiger charge is 2.22. The molecule has 1 fully saturated rings. The van der Waals surface area contributed by atoms with E-state index in [1.807, 2.05) is 11.9 Å². The molecule has 0 aromatic carbocycles. The zero-order valence-corrected chi connectivity index (χ0v) is 8.84. The quantitative estimate of drug-likeness (QED) is 0.705. The number of likely N-dealkylation sites (tertiary alicyclic amines) is 1. The molecular weight excluding hydrogens is 164 g/mol. The number of hydrogen-bond donors (Lipinski definition) is 1. The summed E-state index contributed by atoms with van der Waals surface area (Å²) in [6, 6.07) is 0.408. The van der Waals surface area contributed by atoms with Crippen molar-refractivity contribution in [3.05, 3.63) is 0 Å². The van der Waals surface area contributed by atoms with E-state index in [9.17, 15) is 4.79 Å². The highest BCUT2D eigenvalue weighted by Crippen LogP contribution is 2.09. The van der Waals surface area contributed by atoms with E-state index in [0.29, 0.717) is 18.4 Å². The first kappa shape index (κ1) is 10.5. The first-order chi connectivity index (χ1) is 6.09. The van der Waals surface area contributed by atoms with Gasteiger partial charge in [-0.15, -0.1) is 0 Å². The highest BCUT2D eigenvalue weighted by atomic mass is 16.2. The van der Waals surface area contributed by atoms with Crippen molar-refractivity contribution in [2.24, 2.45) is 5.92 Å². The monoisotopic (exact) mass is 184 g/mol. The van der Waals surface area contributed by atoms with Crippen LogP contribution in [0.4, 0.5) is 0 Å². The number of amides is 1. The number of nitrogens with one attached hydrogen (secondary N) is 1. The predicted octanol–water partition coefficient (Wildman–Crippen LogP) is 0.853. The van der Waals surface area contributed by atoms with Gasteiger partial charge in [0.1, 0.15) is 0 Å². The van der Waals surface area contributed by atoms with Crippen molar-refractivity contribution in [2.45, 2.75) is 32.7 Å². The average molecular weight is 184 g/mol. The maximum absolute atomic E-state index is 11.3. The molecule has 1 saturated heterocycles. The number of piperidine rings is 1. The van der Waals surface area contributed by atoms with Gasteiger partial charge in [-0.2, -0.15) is 0 Å². The normalized spacial score (nSPS) is 24.2. The summed E-state index contributed by atoms with van der Waals surface area (Å²) >= 11 is 0. The minimum absolute atomic E-state index is 0.271. The van der Waals surface area contributed by atoms with Crippen LogP contribution in [-0.2, 0) is 4.79 Å². The molecule has 3 heteroatoms. The van der Waals surface area contributed by atoms with Gasteiger partial charge in [0.05, 0.1) is 0 Å². The Morgan fingerprint density at radius 3 is 2.85 bits per heavy atom. The Morgan fingerprint density at radius 1 is 1.62 bits per heavy atom.